The molecule has 3 heteroatoms. The fourth-order valence-corrected chi connectivity index (χ4v) is 1.49. The fraction of sp³-hybridized carbons (Fsp3) is 0.133. The summed E-state index contributed by atoms with van der Waals surface area (Å²) < 4.78 is 0. The molecule has 0 amide bonds. The second kappa shape index (κ2) is 6.45. The molecule has 2 rings (SSSR count). The van der Waals surface area contributed by atoms with E-state index in [0.717, 1.165) is 0 Å². The van der Waals surface area contributed by atoms with Crippen molar-refractivity contribution in [3.8, 4) is 11.1 Å². The Bertz CT molecular complexity index is 451. The van der Waals surface area contributed by atoms with Gasteiger partial charge in [-0.25, -0.2) is 4.79 Å². The lowest BCUT2D eigenvalue weighted by atomic mass is 10.0. The van der Waals surface area contributed by atoms with Crippen LogP contribution in [-0.4, -0.2) is 16.4 Å². The smallest absolute Gasteiger partial charge is 0.450 e. The van der Waals surface area contributed by atoms with Crippen molar-refractivity contribution in [3.05, 3.63) is 59.7 Å². The Labute approximate surface area is 106 Å². The highest BCUT2D eigenvalue weighted by molar-refractivity contribution is 5.63. The molecule has 0 fully saturated rings. The standard InChI is InChI=1S/C14H14.CH2O3/c1-11-3-7-13(8-4-11)14-9-5-12(2)6-10-14;2-1(3)4/h3-10H,1-2H3;(H2,2,3,4). The van der Waals surface area contributed by atoms with Crippen molar-refractivity contribution in [3.63, 3.8) is 0 Å². The van der Waals surface area contributed by atoms with E-state index in [2.05, 4.69) is 62.4 Å². The molecule has 2 N–H and O–H groups in total. The topological polar surface area (TPSA) is 57.5 Å². The molecule has 0 atom stereocenters. The number of hydrogen-bond acceptors (Lipinski definition) is 1. The zero-order chi connectivity index (χ0) is 13.5. The minimum absolute atomic E-state index is 1.29. The highest BCUT2D eigenvalue weighted by Gasteiger charge is 1.95. The van der Waals surface area contributed by atoms with Gasteiger partial charge >= 0.3 is 6.16 Å². The molecule has 0 saturated carbocycles. The van der Waals surface area contributed by atoms with Crippen molar-refractivity contribution in [2.24, 2.45) is 0 Å². The minimum Gasteiger partial charge on any atom is -0.450 e. The third-order valence-electron chi connectivity index (χ3n) is 2.44. The van der Waals surface area contributed by atoms with Gasteiger partial charge in [0.2, 0.25) is 0 Å². The zero-order valence-corrected chi connectivity index (χ0v) is 10.4. The van der Waals surface area contributed by atoms with Crippen LogP contribution in [0.4, 0.5) is 4.79 Å². The number of rotatable bonds is 1. The van der Waals surface area contributed by atoms with Crippen molar-refractivity contribution in [2.45, 2.75) is 13.8 Å². The molecule has 2 aromatic rings. The van der Waals surface area contributed by atoms with E-state index in [-0.39, 0.29) is 0 Å². The molecule has 0 radical (unpaired) electrons. The van der Waals surface area contributed by atoms with Crippen molar-refractivity contribution in [1.82, 2.24) is 0 Å². The van der Waals surface area contributed by atoms with Crippen LogP contribution in [0, 0.1) is 13.8 Å². The van der Waals surface area contributed by atoms with Gasteiger partial charge in [-0.3, -0.25) is 0 Å². The lowest BCUT2D eigenvalue weighted by Crippen LogP contribution is -1.81. The van der Waals surface area contributed by atoms with Crippen molar-refractivity contribution >= 4 is 6.16 Å². The van der Waals surface area contributed by atoms with E-state index in [4.69, 9.17) is 15.0 Å². The predicted molar refractivity (Wildman–Crippen MR) is 72.0 cm³/mol. The van der Waals surface area contributed by atoms with Gasteiger partial charge in [0.05, 0.1) is 0 Å². The number of benzene rings is 2. The SMILES string of the molecule is Cc1ccc(-c2ccc(C)cc2)cc1.O=C(O)O. The number of carboxylic acid groups (broad SMARTS) is 2. The molecule has 3 nitrogen and oxygen atoms in total. The largest absolute Gasteiger partial charge is 0.503 e. The molecule has 0 spiro atoms. The maximum absolute atomic E-state index is 8.56. The quantitative estimate of drug-likeness (QED) is 0.790. The average molecular weight is 244 g/mol. The third kappa shape index (κ3) is 4.70. The van der Waals surface area contributed by atoms with Gasteiger partial charge in [0, 0.05) is 0 Å². The van der Waals surface area contributed by atoms with E-state index < -0.39 is 6.16 Å². The summed E-state index contributed by atoms with van der Waals surface area (Å²) in [4.78, 5) is 8.56. The first kappa shape index (κ1) is 13.8. The Hall–Kier alpha value is -2.29. The summed E-state index contributed by atoms with van der Waals surface area (Å²) in [6, 6.07) is 17.3. The lowest BCUT2D eigenvalue weighted by Gasteiger charge is -2.02. The Morgan fingerprint density at radius 3 is 1.17 bits per heavy atom. The zero-order valence-electron chi connectivity index (χ0n) is 10.4. The lowest BCUT2D eigenvalue weighted by molar-refractivity contribution is 0.137. The maximum Gasteiger partial charge on any atom is 0.503 e. The molecule has 0 aliphatic heterocycles. The summed E-state index contributed by atoms with van der Waals surface area (Å²) in [5.41, 5.74) is 5.19. The average Bonchev–Trinajstić information content (AvgIpc) is 2.31. The first-order valence-electron chi connectivity index (χ1n) is 5.54. The summed E-state index contributed by atoms with van der Waals surface area (Å²) in [6.07, 6.45) is -1.83. The van der Waals surface area contributed by atoms with E-state index in [9.17, 15) is 0 Å². The molecule has 2 aromatic carbocycles. The summed E-state index contributed by atoms with van der Waals surface area (Å²) in [5, 5.41) is 13.9. The molecule has 0 bridgehead atoms. The first-order valence-corrected chi connectivity index (χ1v) is 5.54. The van der Waals surface area contributed by atoms with Crippen LogP contribution in [0.25, 0.3) is 11.1 Å². The Morgan fingerprint density at radius 2 is 0.944 bits per heavy atom. The van der Waals surface area contributed by atoms with Crippen molar-refractivity contribution in [2.75, 3.05) is 0 Å². The van der Waals surface area contributed by atoms with E-state index >= 15 is 0 Å². The molecule has 94 valence electrons. The minimum atomic E-state index is -1.83. The maximum atomic E-state index is 8.56. The summed E-state index contributed by atoms with van der Waals surface area (Å²) >= 11 is 0. The number of carbonyl (C=O) groups is 1. The highest BCUT2D eigenvalue weighted by Crippen LogP contribution is 2.19. The van der Waals surface area contributed by atoms with Gasteiger partial charge in [0.15, 0.2) is 0 Å². The van der Waals surface area contributed by atoms with Crippen LogP contribution in [0.3, 0.4) is 0 Å². The predicted octanol–water partition coefficient (Wildman–Crippen LogP) is 4.19. The van der Waals surface area contributed by atoms with Crippen LogP contribution < -0.4 is 0 Å². The highest BCUT2D eigenvalue weighted by atomic mass is 16.6. The Balaban J connectivity index is 0.000000357. The molecule has 18 heavy (non-hydrogen) atoms. The molecule has 0 unspecified atom stereocenters. The van der Waals surface area contributed by atoms with Crippen LogP contribution in [-0.2, 0) is 0 Å². The second-order valence-electron chi connectivity index (χ2n) is 4.01. The van der Waals surface area contributed by atoms with Crippen molar-refractivity contribution in [1.29, 1.82) is 0 Å². The first-order chi connectivity index (χ1) is 8.49. The fourth-order valence-electron chi connectivity index (χ4n) is 1.49. The van der Waals surface area contributed by atoms with E-state index in [1.54, 1.807) is 0 Å². The van der Waals surface area contributed by atoms with Gasteiger partial charge in [-0.15, -0.1) is 0 Å². The van der Waals surface area contributed by atoms with Gasteiger partial charge in [-0.1, -0.05) is 59.7 Å². The summed E-state index contributed by atoms with van der Waals surface area (Å²) in [5.74, 6) is 0. The van der Waals surface area contributed by atoms with E-state index in [1.165, 1.54) is 22.3 Å². The molecule has 0 heterocycles. The monoisotopic (exact) mass is 244 g/mol. The van der Waals surface area contributed by atoms with Crippen LogP contribution >= 0.6 is 0 Å². The van der Waals surface area contributed by atoms with Crippen LogP contribution in [0.1, 0.15) is 11.1 Å². The second-order valence-corrected chi connectivity index (χ2v) is 4.01. The van der Waals surface area contributed by atoms with E-state index in [1.807, 2.05) is 0 Å². The molecule has 0 aliphatic rings. The molecular weight excluding hydrogens is 228 g/mol. The normalized spacial score (nSPS) is 9.22. The summed E-state index contributed by atoms with van der Waals surface area (Å²) in [6.45, 7) is 4.22. The molecular formula is C15H16O3. The van der Waals surface area contributed by atoms with Gasteiger partial charge in [-0.05, 0) is 25.0 Å². The molecule has 0 saturated heterocycles. The number of aryl methyl sites for hydroxylation is 2. The van der Waals surface area contributed by atoms with Gasteiger partial charge < -0.3 is 10.2 Å². The van der Waals surface area contributed by atoms with Crippen LogP contribution in [0.15, 0.2) is 48.5 Å². The molecule has 0 aromatic heterocycles. The Kier molecular flexibility index (Phi) is 4.93. The van der Waals surface area contributed by atoms with Gasteiger partial charge in [0.25, 0.3) is 0 Å². The third-order valence-corrected chi connectivity index (χ3v) is 2.44. The van der Waals surface area contributed by atoms with Gasteiger partial charge in [-0.2, -0.15) is 0 Å². The van der Waals surface area contributed by atoms with E-state index in [0.29, 0.717) is 0 Å². The number of hydrogen-bond donors (Lipinski definition) is 2. The Morgan fingerprint density at radius 1 is 0.722 bits per heavy atom. The van der Waals surface area contributed by atoms with Crippen molar-refractivity contribution < 1.29 is 15.0 Å². The molecule has 0 aliphatic carbocycles. The summed E-state index contributed by atoms with van der Waals surface area (Å²) in [7, 11) is 0. The van der Waals surface area contributed by atoms with Gasteiger partial charge in [0.1, 0.15) is 0 Å². The van der Waals surface area contributed by atoms with Crippen LogP contribution in [0.5, 0.6) is 0 Å². The van der Waals surface area contributed by atoms with Crippen LogP contribution in [0.2, 0.25) is 0 Å².